The lowest BCUT2D eigenvalue weighted by Crippen LogP contribution is -2.32. The van der Waals surface area contributed by atoms with E-state index in [4.69, 9.17) is 9.47 Å². The quantitative estimate of drug-likeness (QED) is 0.637. The Kier molecular flexibility index (Phi) is 8.04. The van der Waals surface area contributed by atoms with E-state index in [0.29, 0.717) is 30.0 Å². The maximum Gasteiger partial charge on any atom is 0.416 e. The van der Waals surface area contributed by atoms with Crippen LogP contribution in [0.5, 0.6) is 5.75 Å². The molecule has 0 aliphatic carbocycles. The second-order valence-electron chi connectivity index (χ2n) is 6.60. The van der Waals surface area contributed by atoms with Crippen LogP contribution in [0.25, 0.3) is 0 Å². The molecule has 2 rings (SSSR count). The molecule has 0 saturated heterocycles. The Balaban J connectivity index is 1.78. The number of hydrogen-bond acceptors (Lipinski definition) is 5. The Morgan fingerprint density at radius 1 is 1.10 bits per heavy atom. The molecule has 0 saturated carbocycles. The lowest BCUT2D eigenvalue weighted by molar-refractivity contribution is -0.137. The molecule has 0 fully saturated rings. The van der Waals surface area contributed by atoms with E-state index in [2.05, 4.69) is 0 Å². The fourth-order valence-corrected chi connectivity index (χ4v) is 2.68. The zero-order valence-electron chi connectivity index (χ0n) is 16.3. The molecule has 0 amide bonds. The summed E-state index contributed by atoms with van der Waals surface area (Å²) in [5.41, 5.74) is 0.436. The summed E-state index contributed by atoms with van der Waals surface area (Å²) in [6, 6.07) is 11.3. The molecule has 0 spiro atoms. The van der Waals surface area contributed by atoms with E-state index in [1.54, 1.807) is 43.1 Å². The van der Waals surface area contributed by atoms with Crippen LogP contribution in [-0.4, -0.2) is 48.9 Å². The van der Waals surface area contributed by atoms with Crippen LogP contribution in [-0.2, 0) is 17.5 Å². The SMILES string of the molecule is CCOC(=O)c1ccc(OCC(O)CN(C)Cc2ccc(C(F)(F)F)cc2)cc1. The summed E-state index contributed by atoms with van der Waals surface area (Å²) < 4.78 is 48.2. The van der Waals surface area contributed by atoms with E-state index in [9.17, 15) is 23.1 Å². The molecule has 0 aliphatic rings. The molecule has 0 heterocycles. The largest absolute Gasteiger partial charge is 0.491 e. The van der Waals surface area contributed by atoms with Crippen LogP contribution >= 0.6 is 0 Å². The number of carbonyl (C=O) groups excluding carboxylic acids is 1. The molecule has 1 unspecified atom stereocenters. The molecular weight excluding hydrogens is 387 g/mol. The van der Waals surface area contributed by atoms with E-state index in [-0.39, 0.29) is 13.2 Å². The summed E-state index contributed by atoms with van der Waals surface area (Å²) in [6.07, 6.45) is -5.15. The number of halogens is 3. The third kappa shape index (κ3) is 7.40. The van der Waals surface area contributed by atoms with Crippen molar-refractivity contribution < 1.29 is 32.5 Å². The highest BCUT2D eigenvalue weighted by atomic mass is 19.4. The maximum absolute atomic E-state index is 12.6. The fourth-order valence-electron chi connectivity index (χ4n) is 2.68. The molecule has 2 aromatic rings. The van der Waals surface area contributed by atoms with Gasteiger partial charge in [-0.25, -0.2) is 4.79 Å². The van der Waals surface area contributed by atoms with Crippen molar-refractivity contribution in [3.8, 4) is 5.75 Å². The van der Waals surface area contributed by atoms with Gasteiger partial charge in [0, 0.05) is 13.1 Å². The van der Waals surface area contributed by atoms with E-state index in [0.717, 1.165) is 12.1 Å². The Morgan fingerprint density at radius 3 is 2.28 bits per heavy atom. The predicted molar refractivity (Wildman–Crippen MR) is 102 cm³/mol. The van der Waals surface area contributed by atoms with Gasteiger partial charge >= 0.3 is 12.1 Å². The van der Waals surface area contributed by atoms with Gasteiger partial charge in [-0.05, 0) is 55.9 Å². The third-order valence-electron chi connectivity index (χ3n) is 4.06. The zero-order chi connectivity index (χ0) is 21.4. The molecule has 0 bridgehead atoms. The van der Waals surface area contributed by atoms with Gasteiger partial charge in [-0.1, -0.05) is 12.1 Å². The molecular formula is C21H24F3NO4. The lowest BCUT2D eigenvalue weighted by atomic mass is 10.1. The third-order valence-corrected chi connectivity index (χ3v) is 4.06. The van der Waals surface area contributed by atoms with Gasteiger partial charge in [0.15, 0.2) is 0 Å². The Labute approximate surface area is 167 Å². The minimum absolute atomic E-state index is 0.0378. The normalized spacial score (nSPS) is 12.7. The highest BCUT2D eigenvalue weighted by Crippen LogP contribution is 2.29. The lowest BCUT2D eigenvalue weighted by Gasteiger charge is -2.21. The predicted octanol–water partition coefficient (Wildman–Crippen LogP) is 3.75. The molecule has 158 valence electrons. The fraction of sp³-hybridized carbons (Fsp3) is 0.381. The standard InChI is InChI=1S/C21H24F3NO4/c1-3-28-20(27)16-6-10-19(11-7-16)29-14-18(26)13-25(2)12-15-4-8-17(9-5-15)21(22,23)24/h4-11,18,26H,3,12-14H2,1-2H3. The minimum atomic E-state index is -4.35. The Bertz CT molecular complexity index is 776. The first-order chi connectivity index (χ1) is 13.7. The second-order valence-corrected chi connectivity index (χ2v) is 6.60. The summed E-state index contributed by atoms with van der Waals surface area (Å²) in [4.78, 5) is 13.4. The number of alkyl halides is 3. The summed E-state index contributed by atoms with van der Waals surface area (Å²) in [5, 5.41) is 10.1. The van der Waals surface area contributed by atoms with Crippen molar-refractivity contribution in [2.24, 2.45) is 0 Å². The van der Waals surface area contributed by atoms with Crippen molar-refractivity contribution in [1.82, 2.24) is 4.90 Å². The van der Waals surface area contributed by atoms with E-state index in [1.165, 1.54) is 12.1 Å². The number of carbonyl (C=O) groups is 1. The zero-order valence-corrected chi connectivity index (χ0v) is 16.3. The van der Waals surface area contributed by atoms with Gasteiger partial charge in [0.05, 0.1) is 17.7 Å². The van der Waals surface area contributed by atoms with Crippen molar-refractivity contribution >= 4 is 5.97 Å². The smallest absolute Gasteiger partial charge is 0.416 e. The number of rotatable bonds is 9. The number of aliphatic hydroxyl groups excluding tert-OH is 1. The average molecular weight is 411 g/mol. The van der Waals surface area contributed by atoms with Crippen molar-refractivity contribution in [3.63, 3.8) is 0 Å². The van der Waals surface area contributed by atoms with Gasteiger partial charge in [-0.2, -0.15) is 13.2 Å². The number of nitrogens with zero attached hydrogens (tertiary/aromatic N) is 1. The van der Waals surface area contributed by atoms with Gasteiger partial charge in [0.1, 0.15) is 18.5 Å². The number of esters is 1. The topological polar surface area (TPSA) is 59.0 Å². The molecule has 0 radical (unpaired) electrons. The van der Waals surface area contributed by atoms with Gasteiger partial charge in [-0.15, -0.1) is 0 Å². The van der Waals surface area contributed by atoms with Crippen LogP contribution < -0.4 is 4.74 Å². The number of likely N-dealkylation sites (N-methyl/N-ethyl adjacent to an activating group) is 1. The molecule has 0 aromatic heterocycles. The van der Waals surface area contributed by atoms with Crippen molar-refractivity contribution in [3.05, 3.63) is 65.2 Å². The second kappa shape index (κ2) is 10.3. The first kappa shape index (κ1) is 22.7. The first-order valence-electron chi connectivity index (χ1n) is 9.11. The van der Waals surface area contributed by atoms with Crippen molar-refractivity contribution in [1.29, 1.82) is 0 Å². The van der Waals surface area contributed by atoms with Crippen LogP contribution in [0.2, 0.25) is 0 Å². The first-order valence-corrected chi connectivity index (χ1v) is 9.11. The number of benzene rings is 2. The Hall–Kier alpha value is -2.58. The van der Waals surface area contributed by atoms with Gasteiger partial charge in [-0.3, -0.25) is 4.90 Å². The van der Waals surface area contributed by atoms with E-state index in [1.807, 2.05) is 0 Å². The summed E-state index contributed by atoms with van der Waals surface area (Å²) >= 11 is 0. The van der Waals surface area contributed by atoms with Crippen LogP contribution in [0.15, 0.2) is 48.5 Å². The van der Waals surface area contributed by atoms with Crippen LogP contribution in [0, 0.1) is 0 Å². The monoisotopic (exact) mass is 411 g/mol. The summed E-state index contributed by atoms with van der Waals surface area (Å²) in [7, 11) is 1.76. The van der Waals surface area contributed by atoms with Gasteiger partial charge in [0.25, 0.3) is 0 Å². The molecule has 2 aromatic carbocycles. The van der Waals surface area contributed by atoms with Gasteiger partial charge < -0.3 is 14.6 Å². The number of aliphatic hydroxyl groups is 1. The highest BCUT2D eigenvalue weighted by Gasteiger charge is 2.29. The van der Waals surface area contributed by atoms with Crippen LogP contribution in [0.4, 0.5) is 13.2 Å². The molecule has 29 heavy (non-hydrogen) atoms. The molecule has 5 nitrogen and oxygen atoms in total. The number of ether oxygens (including phenoxy) is 2. The van der Waals surface area contributed by atoms with Crippen molar-refractivity contribution in [2.75, 3.05) is 26.8 Å². The highest BCUT2D eigenvalue weighted by molar-refractivity contribution is 5.89. The van der Waals surface area contributed by atoms with Gasteiger partial charge in [0.2, 0.25) is 0 Å². The van der Waals surface area contributed by atoms with Crippen molar-refractivity contribution in [2.45, 2.75) is 25.7 Å². The minimum Gasteiger partial charge on any atom is -0.491 e. The van der Waals surface area contributed by atoms with E-state index >= 15 is 0 Å². The number of hydrogen-bond donors (Lipinski definition) is 1. The molecule has 8 heteroatoms. The van der Waals surface area contributed by atoms with E-state index < -0.39 is 23.8 Å². The molecule has 1 atom stereocenters. The van der Waals surface area contributed by atoms with Crippen LogP contribution in [0.3, 0.4) is 0 Å². The molecule has 1 N–H and O–H groups in total. The Morgan fingerprint density at radius 2 is 1.72 bits per heavy atom. The maximum atomic E-state index is 12.6. The average Bonchev–Trinajstić information content (AvgIpc) is 2.66. The summed E-state index contributed by atoms with van der Waals surface area (Å²) in [6.45, 7) is 2.73. The van der Waals surface area contributed by atoms with Crippen LogP contribution in [0.1, 0.15) is 28.4 Å². The molecule has 0 aliphatic heterocycles. The summed E-state index contributed by atoms with van der Waals surface area (Å²) in [5.74, 6) is 0.0893.